The van der Waals surface area contributed by atoms with E-state index in [1.807, 2.05) is 24.7 Å². The largest absolute Gasteiger partial charge is 0.378 e. The van der Waals surface area contributed by atoms with Crippen LogP contribution in [0.15, 0.2) is 55.1 Å². The molecule has 3 aromatic heterocycles. The summed E-state index contributed by atoms with van der Waals surface area (Å²) in [6.45, 7) is 8.20. The number of anilines is 4. The zero-order chi connectivity index (χ0) is 22.6. The van der Waals surface area contributed by atoms with Crippen LogP contribution in [0.5, 0.6) is 0 Å². The van der Waals surface area contributed by atoms with Crippen molar-refractivity contribution in [1.29, 1.82) is 0 Å². The molecule has 1 aromatic carbocycles. The lowest BCUT2D eigenvalue weighted by Gasteiger charge is -2.28. The number of morpholine rings is 1. The van der Waals surface area contributed by atoms with E-state index in [0.717, 1.165) is 48.7 Å². The Morgan fingerprint density at radius 3 is 2.61 bits per heavy atom. The number of hydrogen-bond acceptors (Lipinski definition) is 8. The lowest BCUT2D eigenvalue weighted by Crippen LogP contribution is -2.36. The second kappa shape index (κ2) is 9.41. The summed E-state index contributed by atoms with van der Waals surface area (Å²) in [4.78, 5) is 20.6. The first-order valence-corrected chi connectivity index (χ1v) is 11.2. The van der Waals surface area contributed by atoms with Crippen LogP contribution in [-0.4, -0.2) is 50.8 Å². The molecule has 4 aromatic rings. The van der Waals surface area contributed by atoms with Gasteiger partial charge in [0, 0.05) is 49.4 Å². The Balaban J connectivity index is 1.41. The highest BCUT2D eigenvalue weighted by Crippen LogP contribution is 2.26. The molecule has 33 heavy (non-hydrogen) atoms. The zero-order valence-corrected chi connectivity index (χ0v) is 18.9. The molecule has 1 aliphatic heterocycles. The number of pyridine rings is 1. The summed E-state index contributed by atoms with van der Waals surface area (Å²) in [5.74, 6) is 1.22. The molecular weight excluding hydrogens is 416 g/mol. The van der Waals surface area contributed by atoms with Crippen molar-refractivity contribution in [3.05, 3.63) is 60.7 Å². The van der Waals surface area contributed by atoms with Crippen molar-refractivity contribution in [1.82, 2.24) is 24.5 Å². The third-order valence-electron chi connectivity index (χ3n) is 5.66. The lowest BCUT2D eigenvalue weighted by atomic mass is 10.2. The van der Waals surface area contributed by atoms with Crippen molar-refractivity contribution >= 4 is 34.3 Å². The summed E-state index contributed by atoms with van der Waals surface area (Å²) in [5.41, 5.74) is 4.74. The van der Waals surface area contributed by atoms with E-state index in [-0.39, 0.29) is 6.04 Å². The predicted octanol–water partition coefficient (Wildman–Crippen LogP) is 3.99. The lowest BCUT2D eigenvalue weighted by molar-refractivity contribution is 0.122. The Morgan fingerprint density at radius 2 is 1.88 bits per heavy atom. The van der Waals surface area contributed by atoms with Crippen LogP contribution in [0.3, 0.4) is 0 Å². The minimum atomic E-state index is 0.233. The molecule has 1 saturated heterocycles. The Morgan fingerprint density at radius 1 is 1.06 bits per heavy atom. The van der Waals surface area contributed by atoms with Gasteiger partial charge in [0.1, 0.15) is 0 Å². The van der Waals surface area contributed by atoms with Gasteiger partial charge in [0.05, 0.1) is 19.5 Å². The van der Waals surface area contributed by atoms with Gasteiger partial charge in [-0.15, -0.1) is 0 Å². The number of nitrogens with one attached hydrogen (secondary N) is 2. The van der Waals surface area contributed by atoms with Gasteiger partial charge < -0.3 is 24.8 Å². The second-order valence-corrected chi connectivity index (χ2v) is 8.30. The third-order valence-corrected chi connectivity index (χ3v) is 5.66. The third kappa shape index (κ3) is 4.73. The molecule has 0 aliphatic carbocycles. The van der Waals surface area contributed by atoms with Crippen LogP contribution in [0.4, 0.5) is 23.1 Å². The number of imidazole rings is 1. The molecular formula is C24H28N8O. The van der Waals surface area contributed by atoms with Crippen LogP contribution in [-0.2, 0) is 11.3 Å². The zero-order valence-electron chi connectivity index (χ0n) is 18.9. The fourth-order valence-electron chi connectivity index (χ4n) is 3.87. The Bertz CT molecular complexity index is 1200. The van der Waals surface area contributed by atoms with Crippen LogP contribution in [0.25, 0.3) is 11.2 Å². The van der Waals surface area contributed by atoms with Gasteiger partial charge in [0.15, 0.2) is 17.0 Å². The second-order valence-electron chi connectivity index (χ2n) is 8.30. The van der Waals surface area contributed by atoms with Crippen LogP contribution >= 0.6 is 0 Å². The average molecular weight is 445 g/mol. The van der Waals surface area contributed by atoms with Gasteiger partial charge in [-0.2, -0.15) is 9.97 Å². The number of fused-ring (bicyclic) bond motifs is 1. The van der Waals surface area contributed by atoms with Crippen molar-refractivity contribution in [3.63, 3.8) is 0 Å². The van der Waals surface area contributed by atoms with Crippen LogP contribution in [0.2, 0.25) is 0 Å². The van der Waals surface area contributed by atoms with E-state index < -0.39 is 0 Å². The van der Waals surface area contributed by atoms with Gasteiger partial charge >= 0.3 is 0 Å². The van der Waals surface area contributed by atoms with Crippen molar-refractivity contribution in [2.45, 2.75) is 26.4 Å². The minimum absolute atomic E-state index is 0.233. The topological polar surface area (TPSA) is 93.0 Å². The Kier molecular flexibility index (Phi) is 6.03. The molecule has 9 heteroatoms. The van der Waals surface area contributed by atoms with Crippen molar-refractivity contribution in [2.75, 3.05) is 41.8 Å². The molecule has 1 aliphatic rings. The van der Waals surface area contributed by atoms with E-state index in [9.17, 15) is 0 Å². The van der Waals surface area contributed by atoms with E-state index in [1.165, 1.54) is 5.69 Å². The van der Waals surface area contributed by atoms with Gasteiger partial charge in [-0.1, -0.05) is 6.07 Å². The van der Waals surface area contributed by atoms with Crippen LogP contribution in [0.1, 0.15) is 25.5 Å². The van der Waals surface area contributed by atoms with Gasteiger partial charge in [0.25, 0.3) is 0 Å². The molecule has 0 radical (unpaired) electrons. The highest BCUT2D eigenvalue weighted by molar-refractivity contribution is 5.84. The maximum absolute atomic E-state index is 5.45. The molecule has 0 unspecified atom stereocenters. The molecule has 0 saturated carbocycles. The van der Waals surface area contributed by atoms with Crippen LogP contribution < -0.4 is 15.5 Å². The SMILES string of the molecule is CC(C)n1cnc2c(NCc3cccnc3)nc(Nc3ccc(N4CCOCC4)cc3)nc21. The number of benzene rings is 1. The maximum atomic E-state index is 5.45. The summed E-state index contributed by atoms with van der Waals surface area (Å²) >= 11 is 0. The van der Waals surface area contributed by atoms with Crippen molar-refractivity contribution in [2.24, 2.45) is 0 Å². The summed E-state index contributed by atoms with van der Waals surface area (Å²) < 4.78 is 7.51. The highest BCUT2D eigenvalue weighted by Gasteiger charge is 2.16. The molecule has 0 atom stereocenters. The monoisotopic (exact) mass is 444 g/mol. The molecule has 4 heterocycles. The Hall–Kier alpha value is -3.72. The fourth-order valence-corrected chi connectivity index (χ4v) is 3.87. The summed E-state index contributed by atoms with van der Waals surface area (Å²) in [5, 5.41) is 6.77. The van der Waals surface area contributed by atoms with E-state index >= 15 is 0 Å². The number of nitrogens with zero attached hydrogens (tertiary/aromatic N) is 6. The van der Waals surface area contributed by atoms with E-state index in [4.69, 9.17) is 14.7 Å². The van der Waals surface area contributed by atoms with Gasteiger partial charge in [-0.05, 0) is 49.7 Å². The van der Waals surface area contributed by atoms with Gasteiger partial charge in [-0.3, -0.25) is 4.98 Å². The van der Waals surface area contributed by atoms with Gasteiger partial charge in [-0.25, -0.2) is 4.98 Å². The first-order valence-electron chi connectivity index (χ1n) is 11.2. The van der Waals surface area contributed by atoms with Crippen LogP contribution in [0, 0.1) is 0 Å². The fraction of sp³-hybridized carbons (Fsp3) is 0.333. The number of aromatic nitrogens is 5. The smallest absolute Gasteiger partial charge is 0.231 e. The quantitative estimate of drug-likeness (QED) is 0.442. The first-order chi connectivity index (χ1) is 16.2. The van der Waals surface area contributed by atoms with Crippen molar-refractivity contribution in [3.8, 4) is 0 Å². The molecule has 0 spiro atoms. The average Bonchev–Trinajstić information content (AvgIpc) is 3.29. The number of rotatable bonds is 7. The van der Waals surface area contributed by atoms with Crippen molar-refractivity contribution < 1.29 is 4.74 Å². The molecule has 2 N–H and O–H groups in total. The Labute approximate surface area is 192 Å². The highest BCUT2D eigenvalue weighted by atomic mass is 16.5. The molecule has 5 rings (SSSR count). The standard InChI is InChI=1S/C24H28N8O/c1-17(2)32-16-27-21-22(26-15-18-4-3-9-25-14-18)29-24(30-23(21)32)28-19-5-7-20(8-6-19)31-10-12-33-13-11-31/h3-9,14,16-17H,10-13,15H2,1-2H3,(H2,26,28,29,30). The summed E-state index contributed by atoms with van der Waals surface area (Å²) in [7, 11) is 0. The molecule has 1 fully saturated rings. The predicted molar refractivity (Wildman–Crippen MR) is 130 cm³/mol. The normalized spacial score (nSPS) is 14.1. The summed E-state index contributed by atoms with van der Waals surface area (Å²) in [6.07, 6.45) is 5.43. The molecule has 170 valence electrons. The summed E-state index contributed by atoms with van der Waals surface area (Å²) in [6, 6.07) is 12.5. The molecule has 0 amide bonds. The van der Waals surface area contributed by atoms with Gasteiger partial charge in [0.2, 0.25) is 5.95 Å². The maximum Gasteiger partial charge on any atom is 0.231 e. The minimum Gasteiger partial charge on any atom is -0.378 e. The van der Waals surface area contributed by atoms with E-state index in [1.54, 1.807) is 6.20 Å². The van der Waals surface area contributed by atoms with E-state index in [2.05, 4.69) is 68.2 Å². The number of ether oxygens (including phenoxy) is 1. The molecule has 9 nitrogen and oxygen atoms in total. The van der Waals surface area contributed by atoms with E-state index in [0.29, 0.717) is 18.3 Å². The number of hydrogen-bond donors (Lipinski definition) is 2. The molecule has 0 bridgehead atoms. The first kappa shape index (κ1) is 21.1.